The largest absolute Gasteiger partial charge is 0.264 e. The van der Waals surface area contributed by atoms with Crippen molar-refractivity contribution in [2.75, 3.05) is 0 Å². The van der Waals surface area contributed by atoms with E-state index in [0.717, 1.165) is 39.2 Å². The zero-order valence-corrected chi connectivity index (χ0v) is 24.1. The molecule has 0 spiro atoms. The summed E-state index contributed by atoms with van der Waals surface area (Å²) >= 11 is 0. The van der Waals surface area contributed by atoms with Gasteiger partial charge >= 0.3 is 0 Å². The highest BCUT2D eigenvalue weighted by Crippen LogP contribution is 2.52. The van der Waals surface area contributed by atoms with Gasteiger partial charge in [-0.2, -0.15) is 0 Å². The number of pyridine rings is 1. The Kier molecular flexibility index (Phi) is 5.80. The molecule has 0 aliphatic heterocycles. The van der Waals surface area contributed by atoms with Crippen molar-refractivity contribution in [3.63, 3.8) is 0 Å². The lowest BCUT2D eigenvalue weighted by atomic mass is 9.82. The van der Waals surface area contributed by atoms with Gasteiger partial charge in [0.25, 0.3) is 0 Å². The summed E-state index contributed by atoms with van der Waals surface area (Å²) in [7, 11) is 0. The van der Waals surface area contributed by atoms with Gasteiger partial charge in [-0.05, 0) is 62.4 Å². The van der Waals surface area contributed by atoms with Crippen LogP contribution in [0.4, 0.5) is 0 Å². The summed E-state index contributed by atoms with van der Waals surface area (Å²) in [5.41, 5.74) is 12.4. The molecule has 2 heterocycles. The van der Waals surface area contributed by atoms with Crippen LogP contribution in [0.5, 0.6) is 0 Å². The molecule has 0 fully saturated rings. The minimum Gasteiger partial charge on any atom is -0.264 e. The van der Waals surface area contributed by atoms with Crippen molar-refractivity contribution in [1.82, 2.24) is 15.0 Å². The molecule has 0 saturated heterocycles. The highest BCUT2D eigenvalue weighted by molar-refractivity contribution is 6.03. The Morgan fingerprint density at radius 3 is 1.98 bits per heavy atom. The molecule has 43 heavy (non-hydrogen) atoms. The number of hydrogen-bond donors (Lipinski definition) is 0. The summed E-state index contributed by atoms with van der Waals surface area (Å²) in [5.74, 6) is 0.709. The third kappa shape index (κ3) is 4.24. The summed E-state index contributed by atoms with van der Waals surface area (Å²) in [4.78, 5) is 14.5. The van der Waals surface area contributed by atoms with Crippen molar-refractivity contribution < 1.29 is 0 Å². The highest BCUT2D eigenvalue weighted by atomic mass is 14.9. The van der Waals surface area contributed by atoms with Gasteiger partial charge in [-0.25, -0.2) is 9.97 Å². The van der Waals surface area contributed by atoms with Crippen molar-refractivity contribution in [2.45, 2.75) is 19.3 Å². The lowest BCUT2D eigenvalue weighted by Gasteiger charge is -2.21. The first kappa shape index (κ1) is 25.3. The van der Waals surface area contributed by atoms with Crippen LogP contribution in [0, 0.1) is 0 Å². The molecule has 3 nitrogen and oxygen atoms in total. The zero-order chi connectivity index (χ0) is 29.0. The van der Waals surface area contributed by atoms with Crippen molar-refractivity contribution in [3.05, 3.63) is 151 Å². The van der Waals surface area contributed by atoms with Crippen LogP contribution < -0.4 is 0 Å². The molecule has 3 heteroatoms. The summed E-state index contributed by atoms with van der Waals surface area (Å²) in [6, 6.07) is 45.1. The molecular formula is C40H29N3. The van der Waals surface area contributed by atoms with Crippen molar-refractivity contribution in [1.29, 1.82) is 0 Å². The van der Waals surface area contributed by atoms with Crippen LogP contribution in [0.25, 0.3) is 66.9 Å². The third-order valence-electron chi connectivity index (χ3n) is 8.79. The fourth-order valence-corrected chi connectivity index (χ4v) is 6.51. The third-order valence-corrected chi connectivity index (χ3v) is 8.79. The minimum atomic E-state index is -0.0741. The molecule has 0 bridgehead atoms. The molecule has 0 unspecified atom stereocenters. The molecule has 0 radical (unpaired) electrons. The van der Waals surface area contributed by atoms with E-state index in [1.54, 1.807) is 6.20 Å². The average molecular weight is 552 g/mol. The number of hydrogen-bond acceptors (Lipinski definition) is 3. The molecule has 8 rings (SSSR count). The van der Waals surface area contributed by atoms with E-state index in [1.807, 2.05) is 18.3 Å². The number of nitrogens with zero attached hydrogens (tertiary/aromatic N) is 3. The summed E-state index contributed by atoms with van der Waals surface area (Å²) in [6.45, 7) is 4.66. The van der Waals surface area contributed by atoms with Crippen LogP contribution in [0.2, 0.25) is 0 Å². The zero-order valence-electron chi connectivity index (χ0n) is 24.1. The van der Waals surface area contributed by atoms with Crippen LogP contribution >= 0.6 is 0 Å². The Morgan fingerprint density at radius 1 is 0.512 bits per heavy atom. The quantitative estimate of drug-likeness (QED) is 0.218. The van der Waals surface area contributed by atoms with E-state index < -0.39 is 0 Å². The maximum absolute atomic E-state index is 5.16. The molecule has 2 aromatic heterocycles. The van der Waals surface area contributed by atoms with E-state index in [9.17, 15) is 0 Å². The second-order valence-electron chi connectivity index (χ2n) is 11.7. The first-order valence-electron chi connectivity index (χ1n) is 14.7. The summed E-state index contributed by atoms with van der Waals surface area (Å²) < 4.78 is 0. The van der Waals surface area contributed by atoms with Crippen LogP contribution in [0.15, 0.2) is 140 Å². The Hall–Kier alpha value is -5.41. The molecule has 5 aromatic carbocycles. The van der Waals surface area contributed by atoms with Gasteiger partial charge in [-0.15, -0.1) is 0 Å². The van der Waals surface area contributed by atoms with Crippen molar-refractivity contribution >= 4 is 10.8 Å². The van der Waals surface area contributed by atoms with Crippen LogP contribution in [0.3, 0.4) is 0 Å². The Balaban J connectivity index is 1.29. The topological polar surface area (TPSA) is 38.7 Å². The fraction of sp³-hybridized carbons (Fsp3) is 0.0750. The van der Waals surface area contributed by atoms with Gasteiger partial charge in [0.2, 0.25) is 0 Å². The van der Waals surface area contributed by atoms with E-state index >= 15 is 0 Å². The van der Waals surface area contributed by atoms with Gasteiger partial charge in [0.15, 0.2) is 5.82 Å². The lowest BCUT2D eigenvalue weighted by Crippen LogP contribution is -2.14. The van der Waals surface area contributed by atoms with E-state index in [0.29, 0.717) is 5.82 Å². The summed E-state index contributed by atoms with van der Waals surface area (Å²) in [6.07, 6.45) is 3.68. The van der Waals surface area contributed by atoms with Gasteiger partial charge < -0.3 is 0 Å². The smallest absolute Gasteiger partial charge is 0.160 e. The molecule has 7 aromatic rings. The Bertz CT molecular complexity index is 2130. The predicted octanol–water partition coefficient (Wildman–Crippen LogP) is 10.00. The number of aromatic nitrogens is 3. The molecule has 0 N–H and O–H groups in total. The second kappa shape index (κ2) is 9.85. The first-order chi connectivity index (χ1) is 21.1. The number of benzene rings is 5. The van der Waals surface area contributed by atoms with Crippen molar-refractivity contribution in [3.8, 4) is 56.2 Å². The van der Waals surface area contributed by atoms with E-state index in [2.05, 4.69) is 134 Å². The van der Waals surface area contributed by atoms with E-state index in [1.165, 1.54) is 33.0 Å². The standard InChI is InChI=1S/C40H29N3/c1-40(2)34-20-19-30(23-33(34)38-32-13-7-6-9-27(32)18-21-35(38)40)37-24-36(28-10-4-3-5-11-28)42-39(43-37)29-16-14-26(15-17-29)31-12-8-22-41-25-31/h3-25H,1-2H3. The van der Waals surface area contributed by atoms with E-state index in [4.69, 9.17) is 9.97 Å². The first-order valence-corrected chi connectivity index (χ1v) is 14.7. The monoisotopic (exact) mass is 551 g/mol. The van der Waals surface area contributed by atoms with E-state index in [-0.39, 0.29) is 5.41 Å². The number of fused-ring (bicyclic) bond motifs is 5. The molecule has 204 valence electrons. The number of rotatable bonds is 4. The molecule has 1 aliphatic carbocycles. The van der Waals surface area contributed by atoms with Gasteiger partial charge in [0, 0.05) is 34.5 Å². The Labute approximate surface area is 251 Å². The van der Waals surface area contributed by atoms with Crippen LogP contribution in [-0.4, -0.2) is 15.0 Å². The molecule has 0 amide bonds. The highest BCUT2D eigenvalue weighted by Gasteiger charge is 2.36. The van der Waals surface area contributed by atoms with Gasteiger partial charge in [-0.3, -0.25) is 4.98 Å². The summed E-state index contributed by atoms with van der Waals surface area (Å²) in [5, 5.41) is 2.56. The maximum Gasteiger partial charge on any atom is 0.160 e. The normalized spacial score (nSPS) is 13.1. The molecule has 1 aliphatic rings. The lowest BCUT2D eigenvalue weighted by molar-refractivity contribution is 0.661. The van der Waals surface area contributed by atoms with Crippen molar-refractivity contribution in [2.24, 2.45) is 0 Å². The minimum absolute atomic E-state index is 0.0741. The maximum atomic E-state index is 5.16. The SMILES string of the molecule is CC1(C)c2ccc(-c3cc(-c4ccccc4)nc(-c4ccc(-c5cccnc5)cc4)n3)cc2-c2c1ccc1ccccc21. The predicted molar refractivity (Wildman–Crippen MR) is 177 cm³/mol. The molecular weight excluding hydrogens is 522 g/mol. The Morgan fingerprint density at radius 2 is 1.19 bits per heavy atom. The van der Waals surface area contributed by atoms with Gasteiger partial charge in [-0.1, -0.05) is 123 Å². The van der Waals surface area contributed by atoms with Gasteiger partial charge in [0.1, 0.15) is 0 Å². The van der Waals surface area contributed by atoms with Crippen LogP contribution in [0.1, 0.15) is 25.0 Å². The molecule has 0 saturated carbocycles. The molecule has 0 atom stereocenters. The second-order valence-corrected chi connectivity index (χ2v) is 11.7. The average Bonchev–Trinajstić information content (AvgIpc) is 3.31. The van der Waals surface area contributed by atoms with Gasteiger partial charge in [0.05, 0.1) is 11.4 Å². The van der Waals surface area contributed by atoms with Crippen LogP contribution in [-0.2, 0) is 5.41 Å². The fourth-order valence-electron chi connectivity index (χ4n) is 6.51.